The Kier molecular flexibility index (Phi) is 4.91. The van der Waals surface area contributed by atoms with Gasteiger partial charge in [0.05, 0.1) is 24.1 Å². The first-order valence-electron chi connectivity index (χ1n) is 10.2. The first-order valence-corrected chi connectivity index (χ1v) is 10.6. The number of amides is 2. The molecule has 5 nitrogen and oxygen atoms in total. The van der Waals surface area contributed by atoms with E-state index in [9.17, 15) is 9.59 Å². The van der Waals surface area contributed by atoms with Gasteiger partial charge in [0.15, 0.2) is 0 Å². The Morgan fingerprint density at radius 1 is 1.06 bits per heavy atom. The van der Waals surface area contributed by atoms with Crippen LogP contribution in [0.2, 0.25) is 5.02 Å². The summed E-state index contributed by atoms with van der Waals surface area (Å²) in [6, 6.07) is 20.3. The van der Waals surface area contributed by atoms with Crippen LogP contribution in [0.1, 0.15) is 39.0 Å². The lowest BCUT2D eigenvalue weighted by Crippen LogP contribution is -2.49. The maximum atomic E-state index is 13.6. The number of methoxy groups -OCH3 is 1. The maximum absolute atomic E-state index is 13.6. The number of nitrogens with zero attached hydrogens (tertiary/aromatic N) is 1. The molecule has 0 aromatic heterocycles. The summed E-state index contributed by atoms with van der Waals surface area (Å²) >= 11 is 6.25. The highest BCUT2D eigenvalue weighted by molar-refractivity contribution is 6.32. The van der Waals surface area contributed by atoms with E-state index >= 15 is 0 Å². The van der Waals surface area contributed by atoms with Crippen LogP contribution in [0.15, 0.2) is 66.7 Å². The molecule has 0 fully saturated rings. The average Bonchev–Trinajstić information content (AvgIpc) is 2.79. The summed E-state index contributed by atoms with van der Waals surface area (Å²) in [4.78, 5) is 28.8. The Labute approximate surface area is 185 Å². The average molecular weight is 433 g/mol. The minimum atomic E-state index is -0.531. The van der Waals surface area contributed by atoms with Gasteiger partial charge in [-0.05, 0) is 47.4 Å². The minimum absolute atomic E-state index is 0.0216. The lowest BCUT2D eigenvalue weighted by molar-refractivity contribution is -0.119. The summed E-state index contributed by atoms with van der Waals surface area (Å²) in [6.07, 6.45) is 0.781. The van der Waals surface area contributed by atoms with Crippen LogP contribution in [0.4, 0.5) is 5.69 Å². The second-order valence-corrected chi connectivity index (χ2v) is 8.20. The van der Waals surface area contributed by atoms with Crippen LogP contribution in [-0.2, 0) is 11.2 Å². The topological polar surface area (TPSA) is 58.6 Å². The van der Waals surface area contributed by atoms with Gasteiger partial charge < -0.3 is 15.0 Å². The number of carbonyl (C=O) groups excluding carboxylic acids is 2. The molecule has 2 amide bonds. The van der Waals surface area contributed by atoms with Crippen molar-refractivity contribution in [2.24, 2.45) is 0 Å². The Hall–Kier alpha value is -3.31. The molecule has 2 heterocycles. The van der Waals surface area contributed by atoms with E-state index < -0.39 is 5.92 Å². The smallest absolute Gasteiger partial charge is 0.254 e. The molecule has 0 spiro atoms. The van der Waals surface area contributed by atoms with Gasteiger partial charge in [0, 0.05) is 17.8 Å². The largest absolute Gasteiger partial charge is 0.495 e. The van der Waals surface area contributed by atoms with E-state index in [1.807, 2.05) is 41.3 Å². The van der Waals surface area contributed by atoms with E-state index in [4.69, 9.17) is 16.3 Å². The van der Waals surface area contributed by atoms with Gasteiger partial charge in [-0.1, -0.05) is 54.1 Å². The molecule has 2 atom stereocenters. The third-order valence-electron chi connectivity index (χ3n) is 6.14. The first kappa shape index (κ1) is 19.6. The molecule has 5 rings (SSSR count). The molecule has 156 valence electrons. The fourth-order valence-corrected chi connectivity index (χ4v) is 4.98. The molecule has 2 unspecified atom stereocenters. The molecule has 0 saturated carbocycles. The highest BCUT2D eigenvalue weighted by atomic mass is 35.5. The number of anilines is 1. The van der Waals surface area contributed by atoms with Gasteiger partial charge in [-0.2, -0.15) is 0 Å². The van der Waals surface area contributed by atoms with E-state index in [-0.39, 0.29) is 17.9 Å². The Morgan fingerprint density at radius 3 is 2.58 bits per heavy atom. The van der Waals surface area contributed by atoms with Crippen LogP contribution in [0.25, 0.3) is 0 Å². The van der Waals surface area contributed by atoms with Crippen LogP contribution in [0, 0.1) is 0 Å². The van der Waals surface area contributed by atoms with Gasteiger partial charge in [-0.3, -0.25) is 9.59 Å². The Bertz CT molecular complexity index is 1190. The highest BCUT2D eigenvalue weighted by Crippen LogP contribution is 2.46. The van der Waals surface area contributed by atoms with Crippen molar-refractivity contribution in [2.45, 2.75) is 18.4 Å². The molecule has 31 heavy (non-hydrogen) atoms. The Balaban J connectivity index is 1.59. The zero-order valence-corrected chi connectivity index (χ0v) is 17.7. The summed E-state index contributed by atoms with van der Waals surface area (Å²) in [5, 5.41) is 3.43. The quantitative estimate of drug-likeness (QED) is 0.645. The molecule has 3 aromatic carbocycles. The van der Waals surface area contributed by atoms with E-state index in [2.05, 4.69) is 11.4 Å². The molecule has 0 radical (unpaired) electrons. The van der Waals surface area contributed by atoms with E-state index in [0.29, 0.717) is 28.6 Å². The number of nitrogens with one attached hydrogen (secondary N) is 1. The summed E-state index contributed by atoms with van der Waals surface area (Å²) in [5.41, 5.74) is 4.14. The number of fused-ring (bicyclic) bond motifs is 4. The van der Waals surface area contributed by atoms with Crippen molar-refractivity contribution in [3.05, 3.63) is 94.0 Å². The van der Waals surface area contributed by atoms with Crippen molar-refractivity contribution in [1.82, 2.24) is 4.90 Å². The molecule has 2 aliphatic heterocycles. The van der Waals surface area contributed by atoms with Gasteiger partial charge >= 0.3 is 0 Å². The van der Waals surface area contributed by atoms with Crippen LogP contribution >= 0.6 is 11.6 Å². The zero-order chi connectivity index (χ0) is 21.5. The standard InChI is InChI=1S/C25H21ClN2O3/c1-31-21-11-10-16(14-20(21)26)27-24(29)22-18-8-4-5-9-19(18)25(30)28-13-12-15-6-2-3-7-17(15)23(22)28/h2-11,14,22-23H,12-13H2,1H3,(H,27,29). The van der Waals surface area contributed by atoms with E-state index in [1.54, 1.807) is 31.4 Å². The zero-order valence-electron chi connectivity index (χ0n) is 17.0. The predicted octanol–water partition coefficient (Wildman–Crippen LogP) is 4.82. The summed E-state index contributed by atoms with van der Waals surface area (Å²) in [5.74, 6) is -0.184. The van der Waals surface area contributed by atoms with E-state index in [1.165, 1.54) is 5.56 Å². The molecule has 0 saturated heterocycles. The number of ether oxygens (including phenoxy) is 1. The van der Waals surface area contributed by atoms with Gasteiger partial charge in [0.2, 0.25) is 5.91 Å². The van der Waals surface area contributed by atoms with Crippen molar-refractivity contribution >= 4 is 29.1 Å². The monoisotopic (exact) mass is 432 g/mol. The highest BCUT2D eigenvalue weighted by Gasteiger charge is 2.46. The molecular weight excluding hydrogens is 412 g/mol. The van der Waals surface area contributed by atoms with Crippen LogP contribution < -0.4 is 10.1 Å². The first-order chi connectivity index (χ1) is 15.1. The van der Waals surface area contributed by atoms with Crippen molar-refractivity contribution in [3.63, 3.8) is 0 Å². The number of rotatable bonds is 3. The lowest BCUT2D eigenvalue weighted by atomic mass is 9.76. The summed E-state index contributed by atoms with van der Waals surface area (Å²) < 4.78 is 5.20. The molecule has 0 bridgehead atoms. The molecule has 3 aromatic rings. The summed E-state index contributed by atoms with van der Waals surface area (Å²) in [7, 11) is 1.55. The second kappa shape index (κ2) is 7.75. The van der Waals surface area contributed by atoms with Gasteiger partial charge in [-0.15, -0.1) is 0 Å². The normalized spacial score (nSPS) is 19.2. The molecular formula is C25H21ClN2O3. The van der Waals surface area contributed by atoms with Crippen molar-refractivity contribution in [1.29, 1.82) is 0 Å². The lowest BCUT2D eigenvalue weighted by Gasteiger charge is -2.45. The van der Waals surface area contributed by atoms with Crippen molar-refractivity contribution in [3.8, 4) is 5.75 Å². The minimum Gasteiger partial charge on any atom is -0.495 e. The fraction of sp³-hybridized carbons (Fsp3) is 0.200. The van der Waals surface area contributed by atoms with Crippen LogP contribution in [0.5, 0.6) is 5.75 Å². The predicted molar refractivity (Wildman–Crippen MR) is 120 cm³/mol. The molecule has 6 heteroatoms. The fourth-order valence-electron chi connectivity index (χ4n) is 4.72. The molecule has 1 N–H and O–H groups in total. The number of halogens is 1. The van der Waals surface area contributed by atoms with Crippen molar-refractivity contribution < 1.29 is 14.3 Å². The van der Waals surface area contributed by atoms with Crippen LogP contribution in [-0.4, -0.2) is 30.4 Å². The Morgan fingerprint density at radius 2 is 1.81 bits per heavy atom. The van der Waals surface area contributed by atoms with Crippen LogP contribution in [0.3, 0.4) is 0 Å². The third kappa shape index (κ3) is 3.26. The molecule has 0 aliphatic carbocycles. The number of hydrogen-bond donors (Lipinski definition) is 1. The number of carbonyl (C=O) groups is 2. The van der Waals surface area contributed by atoms with Crippen molar-refractivity contribution in [2.75, 3.05) is 19.0 Å². The molecule has 2 aliphatic rings. The van der Waals surface area contributed by atoms with Gasteiger partial charge in [-0.25, -0.2) is 0 Å². The van der Waals surface area contributed by atoms with E-state index in [0.717, 1.165) is 17.5 Å². The second-order valence-electron chi connectivity index (χ2n) is 7.80. The van der Waals surface area contributed by atoms with Gasteiger partial charge in [0.1, 0.15) is 5.75 Å². The summed E-state index contributed by atoms with van der Waals surface area (Å²) in [6.45, 7) is 0.590. The SMILES string of the molecule is COc1ccc(NC(=O)C2c3ccccc3C(=O)N3CCc4ccccc4C23)cc1Cl. The number of hydrogen-bond acceptors (Lipinski definition) is 3. The van der Waals surface area contributed by atoms with Gasteiger partial charge in [0.25, 0.3) is 5.91 Å². The number of benzene rings is 3. The maximum Gasteiger partial charge on any atom is 0.254 e. The third-order valence-corrected chi connectivity index (χ3v) is 6.43.